The maximum atomic E-state index is 11.4. The molecule has 0 aromatic rings. The number of carbonyl (C=O) groups is 1. The van der Waals surface area contributed by atoms with Crippen molar-refractivity contribution in [3.63, 3.8) is 0 Å². The molecule has 1 amide bonds. The van der Waals surface area contributed by atoms with Crippen molar-refractivity contribution in [3.05, 3.63) is 12.7 Å². The molecule has 0 aliphatic carbocycles. The van der Waals surface area contributed by atoms with Crippen molar-refractivity contribution < 1.29 is 9.53 Å². The summed E-state index contributed by atoms with van der Waals surface area (Å²) in [4.78, 5) is 11.4. The van der Waals surface area contributed by atoms with Crippen molar-refractivity contribution in [2.75, 3.05) is 26.3 Å². The van der Waals surface area contributed by atoms with E-state index in [4.69, 9.17) is 4.74 Å². The van der Waals surface area contributed by atoms with Crippen molar-refractivity contribution in [2.24, 2.45) is 0 Å². The van der Waals surface area contributed by atoms with E-state index >= 15 is 0 Å². The first-order chi connectivity index (χ1) is 8.16. The van der Waals surface area contributed by atoms with Gasteiger partial charge in [-0.25, -0.2) is 0 Å². The fraction of sp³-hybridized carbons (Fsp3) is 0.769. The standard InChI is InChI=1S/C13H26N2O2/c1-4-5-10-17-11-9-15-13(16)7-6-8-14-12(2)3/h4,12,14H,1,5-11H2,2-3H3,(H,15,16). The highest BCUT2D eigenvalue weighted by Crippen LogP contribution is 1.88. The SMILES string of the molecule is C=CCCOCCNC(=O)CCCNC(C)C. The first-order valence-corrected chi connectivity index (χ1v) is 6.35. The Kier molecular flexibility index (Phi) is 11.0. The highest BCUT2D eigenvalue weighted by atomic mass is 16.5. The summed E-state index contributed by atoms with van der Waals surface area (Å²) < 4.78 is 5.28. The maximum absolute atomic E-state index is 11.4. The normalized spacial score (nSPS) is 10.5. The Labute approximate surface area is 105 Å². The van der Waals surface area contributed by atoms with E-state index in [2.05, 4.69) is 31.1 Å². The zero-order valence-corrected chi connectivity index (χ0v) is 11.1. The third kappa shape index (κ3) is 13.1. The molecular weight excluding hydrogens is 216 g/mol. The molecule has 4 heteroatoms. The van der Waals surface area contributed by atoms with E-state index in [1.54, 1.807) is 0 Å². The fourth-order valence-corrected chi connectivity index (χ4v) is 1.26. The molecule has 0 spiro atoms. The minimum absolute atomic E-state index is 0.0999. The molecule has 0 atom stereocenters. The summed E-state index contributed by atoms with van der Waals surface area (Å²) in [6.45, 7) is 10.5. The molecule has 0 aromatic carbocycles. The number of carbonyl (C=O) groups excluding carboxylic acids is 1. The largest absolute Gasteiger partial charge is 0.379 e. The third-order valence-corrected chi connectivity index (χ3v) is 2.17. The van der Waals surface area contributed by atoms with Crippen molar-refractivity contribution in [2.45, 2.75) is 39.2 Å². The van der Waals surface area contributed by atoms with E-state index < -0.39 is 0 Å². The van der Waals surface area contributed by atoms with Gasteiger partial charge in [-0.15, -0.1) is 6.58 Å². The second-order valence-corrected chi connectivity index (χ2v) is 4.25. The van der Waals surface area contributed by atoms with E-state index in [9.17, 15) is 4.79 Å². The van der Waals surface area contributed by atoms with Gasteiger partial charge in [0.2, 0.25) is 5.91 Å². The van der Waals surface area contributed by atoms with Gasteiger partial charge in [0.15, 0.2) is 0 Å². The first-order valence-electron chi connectivity index (χ1n) is 6.35. The molecule has 0 aliphatic heterocycles. The van der Waals surface area contributed by atoms with E-state index in [1.165, 1.54) is 0 Å². The average molecular weight is 242 g/mol. The van der Waals surface area contributed by atoms with Gasteiger partial charge in [-0.3, -0.25) is 4.79 Å². The lowest BCUT2D eigenvalue weighted by atomic mass is 10.2. The van der Waals surface area contributed by atoms with Gasteiger partial charge >= 0.3 is 0 Å². The molecule has 0 aromatic heterocycles. The lowest BCUT2D eigenvalue weighted by molar-refractivity contribution is -0.121. The molecule has 0 aliphatic rings. The number of ether oxygens (including phenoxy) is 1. The van der Waals surface area contributed by atoms with Crippen molar-refractivity contribution >= 4 is 5.91 Å². The highest BCUT2D eigenvalue weighted by Gasteiger charge is 2.00. The smallest absolute Gasteiger partial charge is 0.220 e. The van der Waals surface area contributed by atoms with Gasteiger partial charge in [-0.2, -0.15) is 0 Å². The lowest BCUT2D eigenvalue weighted by Crippen LogP contribution is -2.29. The van der Waals surface area contributed by atoms with E-state index in [-0.39, 0.29) is 5.91 Å². The average Bonchev–Trinajstić information content (AvgIpc) is 2.29. The van der Waals surface area contributed by atoms with Crippen LogP contribution in [0.5, 0.6) is 0 Å². The van der Waals surface area contributed by atoms with E-state index in [1.807, 2.05) is 6.08 Å². The monoisotopic (exact) mass is 242 g/mol. The molecule has 0 saturated carbocycles. The van der Waals surface area contributed by atoms with Crippen LogP contribution in [0.3, 0.4) is 0 Å². The van der Waals surface area contributed by atoms with Crippen LogP contribution in [0.25, 0.3) is 0 Å². The molecule has 4 nitrogen and oxygen atoms in total. The summed E-state index contributed by atoms with van der Waals surface area (Å²) >= 11 is 0. The summed E-state index contributed by atoms with van der Waals surface area (Å²) in [5, 5.41) is 6.11. The Morgan fingerprint density at radius 2 is 2.12 bits per heavy atom. The molecule has 0 radical (unpaired) electrons. The quantitative estimate of drug-likeness (QED) is 0.426. The Balaban J connectivity index is 3.20. The second-order valence-electron chi connectivity index (χ2n) is 4.25. The molecule has 2 N–H and O–H groups in total. The Morgan fingerprint density at radius 1 is 1.35 bits per heavy atom. The van der Waals surface area contributed by atoms with E-state index in [0.717, 1.165) is 19.4 Å². The van der Waals surface area contributed by atoms with Crippen LogP contribution in [0.1, 0.15) is 33.1 Å². The lowest BCUT2D eigenvalue weighted by Gasteiger charge is -2.08. The highest BCUT2D eigenvalue weighted by molar-refractivity contribution is 5.75. The molecule has 0 heterocycles. The molecule has 0 rings (SSSR count). The molecule has 0 unspecified atom stereocenters. The van der Waals surface area contributed by atoms with Crippen molar-refractivity contribution in [3.8, 4) is 0 Å². The second kappa shape index (κ2) is 11.6. The van der Waals surface area contributed by atoms with Crippen LogP contribution in [0.15, 0.2) is 12.7 Å². The molecular formula is C13H26N2O2. The van der Waals surface area contributed by atoms with Crippen LogP contribution in [-0.4, -0.2) is 38.3 Å². The summed E-state index contributed by atoms with van der Waals surface area (Å²) in [5.41, 5.74) is 0. The van der Waals surface area contributed by atoms with Gasteiger partial charge < -0.3 is 15.4 Å². The number of hydrogen-bond donors (Lipinski definition) is 2. The summed E-state index contributed by atoms with van der Waals surface area (Å²) in [6, 6.07) is 0.483. The number of rotatable bonds is 11. The van der Waals surface area contributed by atoms with Crippen molar-refractivity contribution in [1.82, 2.24) is 10.6 Å². The van der Waals surface area contributed by atoms with Gasteiger partial charge in [0.25, 0.3) is 0 Å². The van der Waals surface area contributed by atoms with Crippen molar-refractivity contribution in [1.29, 1.82) is 0 Å². The minimum atomic E-state index is 0.0999. The minimum Gasteiger partial charge on any atom is -0.379 e. The van der Waals surface area contributed by atoms with Gasteiger partial charge in [0.05, 0.1) is 13.2 Å². The Hall–Kier alpha value is -0.870. The summed E-state index contributed by atoms with van der Waals surface area (Å²) in [5.74, 6) is 0.0999. The van der Waals surface area contributed by atoms with Gasteiger partial charge in [0.1, 0.15) is 0 Å². The van der Waals surface area contributed by atoms with E-state index in [0.29, 0.717) is 32.2 Å². The van der Waals surface area contributed by atoms with Gasteiger partial charge in [0, 0.05) is 19.0 Å². The number of hydrogen-bond acceptors (Lipinski definition) is 3. The maximum Gasteiger partial charge on any atom is 0.220 e. The first kappa shape index (κ1) is 16.1. The Morgan fingerprint density at radius 3 is 2.76 bits per heavy atom. The number of amides is 1. The van der Waals surface area contributed by atoms with Gasteiger partial charge in [-0.1, -0.05) is 19.9 Å². The third-order valence-electron chi connectivity index (χ3n) is 2.17. The van der Waals surface area contributed by atoms with Crippen LogP contribution >= 0.6 is 0 Å². The predicted octanol–water partition coefficient (Wildman–Crippen LogP) is 1.47. The molecule has 0 bridgehead atoms. The molecule has 100 valence electrons. The molecule has 0 fully saturated rings. The molecule has 17 heavy (non-hydrogen) atoms. The summed E-state index contributed by atoms with van der Waals surface area (Å²) in [6.07, 6.45) is 4.13. The van der Waals surface area contributed by atoms with Crippen LogP contribution in [0, 0.1) is 0 Å². The molecule has 0 saturated heterocycles. The van der Waals surface area contributed by atoms with Crippen LogP contribution in [0.2, 0.25) is 0 Å². The zero-order valence-electron chi connectivity index (χ0n) is 11.1. The Bertz CT molecular complexity index is 206. The fourth-order valence-electron chi connectivity index (χ4n) is 1.26. The van der Waals surface area contributed by atoms with Gasteiger partial charge in [-0.05, 0) is 19.4 Å². The van der Waals surface area contributed by atoms with Crippen LogP contribution in [-0.2, 0) is 9.53 Å². The summed E-state index contributed by atoms with van der Waals surface area (Å²) in [7, 11) is 0. The topological polar surface area (TPSA) is 50.4 Å². The van der Waals surface area contributed by atoms with Crippen LogP contribution in [0.4, 0.5) is 0 Å². The number of nitrogens with one attached hydrogen (secondary N) is 2. The van der Waals surface area contributed by atoms with Crippen LogP contribution < -0.4 is 10.6 Å². The zero-order chi connectivity index (χ0) is 12.9. The predicted molar refractivity (Wildman–Crippen MR) is 71.0 cm³/mol.